The third-order valence-corrected chi connectivity index (χ3v) is 9.21. The largest absolute Gasteiger partial charge is 0.462 e. The Morgan fingerprint density at radius 3 is 1.78 bits per heavy atom. The molecule has 0 fully saturated rings. The number of esters is 2. The van der Waals surface area contributed by atoms with Crippen molar-refractivity contribution < 1.29 is 23.9 Å². The van der Waals surface area contributed by atoms with Gasteiger partial charge in [0.1, 0.15) is 12.7 Å². The minimum absolute atomic E-state index is 0.0249. The number of amides is 1. The molecule has 0 aliphatic rings. The van der Waals surface area contributed by atoms with E-state index in [2.05, 4.69) is 33.8 Å². The predicted molar refractivity (Wildman–Crippen MR) is 193 cm³/mol. The molecular formula is C38H71NO5S. The van der Waals surface area contributed by atoms with E-state index in [0.29, 0.717) is 39.0 Å². The lowest BCUT2D eigenvalue weighted by molar-refractivity contribution is -0.150. The Bertz CT molecular complexity index is 715. The van der Waals surface area contributed by atoms with E-state index in [1.54, 1.807) is 0 Å². The molecule has 0 N–H and O–H groups in total. The van der Waals surface area contributed by atoms with Crippen LogP contribution in [0.2, 0.25) is 0 Å². The van der Waals surface area contributed by atoms with Gasteiger partial charge in [-0.3, -0.25) is 14.4 Å². The molecule has 6 nitrogen and oxygen atoms in total. The molecule has 0 aromatic carbocycles. The lowest BCUT2D eigenvalue weighted by Crippen LogP contribution is -2.30. The van der Waals surface area contributed by atoms with Crippen LogP contribution in [-0.4, -0.2) is 53.6 Å². The molecule has 0 saturated heterocycles. The van der Waals surface area contributed by atoms with Crippen molar-refractivity contribution in [2.45, 2.75) is 188 Å². The van der Waals surface area contributed by atoms with Gasteiger partial charge < -0.3 is 14.4 Å². The molecule has 0 aromatic rings. The van der Waals surface area contributed by atoms with Crippen molar-refractivity contribution in [3.8, 4) is 0 Å². The summed E-state index contributed by atoms with van der Waals surface area (Å²) in [5.74, 6) is 0.519. The summed E-state index contributed by atoms with van der Waals surface area (Å²) in [7, 11) is 0. The Labute approximate surface area is 282 Å². The molecule has 264 valence electrons. The quantitative estimate of drug-likeness (QED) is 0.0409. The highest BCUT2D eigenvalue weighted by atomic mass is 32.2. The van der Waals surface area contributed by atoms with Crippen LogP contribution in [-0.2, 0) is 19.1 Å². The summed E-state index contributed by atoms with van der Waals surface area (Å²) in [6, 6.07) is 0. The molecule has 0 aliphatic carbocycles. The zero-order valence-corrected chi connectivity index (χ0v) is 30.7. The SMILES string of the molecule is CCCCCC/C=C\COC(=O)CCCCCN(CCCC(=O)OC(CCCCCCC)CCCCCCC)C(=O)SCCC. The van der Waals surface area contributed by atoms with Gasteiger partial charge in [0.25, 0.3) is 5.24 Å². The number of thioether (sulfide) groups is 1. The highest BCUT2D eigenvalue weighted by Crippen LogP contribution is 2.18. The Morgan fingerprint density at radius 2 is 1.16 bits per heavy atom. The second-order valence-corrected chi connectivity index (χ2v) is 13.6. The van der Waals surface area contributed by atoms with Gasteiger partial charge in [-0.05, 0) is 64.2 Å². The molecule has 0 unspecified atom stereocenters. The van der Waals surface area contributed by atoms with Crippen LogP contribution in [0.25, 0.3) is 0 Å². The average Bonchev–Trinajstić information content (AvgIpc) is 3.03. The van der Waals surface area contributed by atoms with Gasteiger partial charge >= 0.3 is 11.9 Å². The first-order valence-electron chi connectivity index (χ1n) is 18.9. The van der Waals surface area contributed by atoms with Crippen molar-refractivity contribution in [1.29, 1.82) is 0 Å². The molecule has 0 aromatic heterocycles. The minimum atomic E-state index is -0.157. The summed E-state index contributed by atoms with van der Waals surface area (Å²) in [4.78, 5) is 39.6. The summed E-state index contributed by atoms with van der Waals surface area (Å²) in [6.07, 6.45) is 29.0. The Balaban J connectivity index is 4.48. The van der Waals surface area contributed by atoms with E-state index in [9.17, 15) is 14.4 Å². The first-order valence-corrected chi connectivity index (χ1v) is 19.9. The van der Waals surface area contributed by atoms with Gasteiger partial charge in [-0.2, -0.15) is 0 Å². The lowest BCUT2D eigenvalue weighted by Gasteiger charge is -2.22. The number of ether oxygens (including phenoxy) is 2. The number of carbonyl (C=O) groups is 3. The van der Waals surface area contributed by atoms with E-state index < -0.39 is 0 Å². The van der Waals surface area contributed by atoms with Crippen molar-refractivity contribution in [2.24, 2.45) is 0 Å². The fourth-order valence-corrected chi connectivity index (χ4v) is 6.03. The van der Waals surface area contributed by atoms with Crippen molar-refractivity contribution >= 4 is 28.9 Å². The second-order valence-electron chi connectivity index (χ2n) is 12.5. The zero-order chi connectivity index (χ0) is 33.2. The minimum Gasteiger partial charge on any atom is -0.462 e. The molecule has 0 heterocycles. The summed E-state index contributed by atoms with van der Waals surface area (Å²) in [6.45, 7) is 10.3. The average molecular weight is 654 g/mol. The molecule has 0 rings (SSSR count). The monoisotopic (exact) mass is 654 g/mol. The maximum Gasteiger partial charge on any atom is 0.306 e. The number of allylic oxidation sites excluding steroid dienone is 1. The number of unbranched alkanes of at least 4 members (excludes halogenated alkanes) is 14. The van der Waals surface area contributed by atoms with Crippen LogP contribution in [0.5, 0.6) is 0 Å². The molecule has 45 heavy (non-hydrogen) atoms. The molecule has 0 radical (unpaired) electrons. The van der Waals surface area contributed by atoms with Gasteiger partial charge in [0, 0.05) is 31.7 Å². The fourth-order valence-electron chi connectivity index (χ4n) is 5.28. The van der Waals surface area contributed by atoms with Gasteiger partial charge in [0.15, 0.2) is 0 Å². The zero-order valence-electron chi connectivity index (χ0n) is 29.9. The fraction of sp³-hybridized carbons (Fsp3) is 0.868. The van der Waals surface area contributed by atoms with Gasteiger partial charge in [0.2, 0.25) is 0 Å². The molecule has 1 amide bonds. The van der Waals surface area contributed by atoms with Gasteiger partial charge in [-0.15, -0.1) is 0 Å². The van der Waals surface area contributed by atoms with E-state index in [0.717, 1.165) is 63.5 Å². The van der Waals surface area contributed by atoms with Crippen molar-refractivity contribution in [1.82, 2.24) is 4.90 Å². The van der Waals surface area contributed by atoms with E-state index >= 15 is 0 Å². The summed E-state index contributed by atoms with van der Waals surface area (Å²) in [5.41, 5.74) is 0. The number of hydrogen-bond acceptors (Lipinski definition) is 6. The molecule has 0 bridgehead atoms. The van der Waals surface area contributed by atoms with Crippen LogP contribution in [0.1, 0.15) is 182 Å². The molecule has 0 saturated carbocycles. The highest BCUT2D eigenvalue weighted by Gasteiger charge is 2.17. The normalized spacial score (nSPS) is 11.4. The number of carbonyl (C=O) groups excluding carboxylic acids is 3. The van der Waals surface area contributed by atoms with Crippen LogP contribution in [0.15, 0.2) is 12.2 Å². The van der Waals surface area contributed by atoms with Crippen LogP contribution in [0.4, 0.5) is 4.79 Å². The maximum absolute atomic E-state index is 12.9. The van der Waals surface area contributed by atoms with Gasteiger partial charge in [-0.1, -0.05) is 129 Å². The van der Waals surface area contributed by atoms with Crippen molar-refractivity contribution in [3.05, 3.63) is 12.2 Å². The first kappa shape index (κ1) is 43.5. The molecule has 0 aliphatic heterocycles. The van der Waals surface area contributed by atoms with Crippen LogP contribution < -0.4 is 0 Å². The third kappa shape index (κ3) is 29.6. The van der Waals surface area contributed by atoms with E-state index in [1.807, 2.05) is 11.0 Å². The van der Waals surface area contributed by atoms with Gasteiger partial charge in [0.05, 0.1) is 0 Å². The van der Waals surface area contributed by atoms with Crippen LogP contribution in [0.3, 0.4) is 0 Å². The summed E-state index contributed by atoms with van der Waals surface area (Å²) in [5, 5.41) is 0.0862. The molecular weight excluding hydrogens is 582 g/mol. The first-order chi connectivity index (χ1) is 22.0. The smallest absolute Gasteiger partial charge is 0.306 e. The van der Waals surface area contributed by atoms with E-state index in [-0.39, 0.29) is 23.3 Å². The predicted octanol–water partition coefficient (Wildman–Crippen LogP) is 11.6. The Kier molecular flexibility index (Phi) is 32.7. The molecule has 0 spiro atoms. The topological polar surface area (TPSA) is 72.9 Å². The molecule has 0 atom stereocenters. The third-order valence-electron chi connectivity index (χ3n) is 8.09. The number of nitrogens with zero attached hydrogens (tertiary/aromatic N) is 1. The van der Waals surface area contributed by atoms with E-state index in [1.165, 1.54) is 88.8 Å². The van der Waals surface area contributed by atoms with E-state index in [4.69, 9.17) is 9.47 Å². The number of hydrogen-bond donors (Lipinski definition) is 0. The van der Waals surface area contributed by atoms with Crippen molar-refractivity contribution in [2.75, 3.05) is 25.4 Å². The number of rotatable bonds is 32. The van der Waals surface area contributed by atoms with Crippen LogP contribution in [0, 0.1) is 0 Å². The van der Waals surface area contributed by atoms with Crippen LogP contribution >= 0.6 is 11.8 Å². The molecule has 7 heteroatoms. The standard InChI is InChI=1S/C38H71NO5S/c1-5-9-12-15-16-19-25-33-43-36(40)29-23-20-24-31-39(38(42)45-34-8-4)32-26-30-37(41)44-35(27-21-17-13-10-6-2)28-22-18-14-11-7-3/h19,25,35H,5-18,20-24,26-34H2,1-4H3/b25-19-. The van der Waals surface area contributed by atoms with Gasteiger partial charge in [-0.25, -0.2) is 0 Å². The Hall–Kier alpha value is -1.50. The maximum atomic E-state index is 12.9. The Morgan fingerprint density at radius 1 is 0.600 bits per heavy atom. The highest BCUT2D eigenvalue weighted by molar-refractivity contribution is 8.13. The summed E-state index contributed by atoms with van der Waals surface area (Å²) >= 11 is 1.36. The second kappa shape index (κ2) is 33.9. The lowest BCUT2D eigenvalue weighted by atomic mass is 10.0. The van der Waals surface area contributed by atoms with Crippen molar-refractivity contribution in [3.63, 3.8) is 0 Å². The summed E-state index contributed by atoms with van der Waals surface area (Å²) < 4.78 is 11.3.